The number of anilines is 1. The zero-order valence-electron chi connectivity index (χ0n) is 10.7. The highest BCUT2D eigenvalue weighted by Crippen LogP contribution is 2.23. The molecule has 1 saturated heterocycles. The van der Waals surface area contributed by atoms with Crippen LogP contribution in [0.3, 0.4) is 0 Å². The average molecular weight is 249 g/mol. The number of piperidine rings is 1. The summed E-state index contributed by atoms with van der Waals surface area (Å²) in [5, 5.41) is 15.7. The van der Waals surface area contributed by atoms with E-state index < -0.39 is 0 Å². The molecule has 5 heteroatoms. The number of nitrogens with one attached hydrogen (secondary N) is 2. The predicted octanol–water partition coefficient (Wildman–Crippen LogP) is 1.42. The first kappa shape index (κ1) is 12.8. The number of pyridine rings is 1. The van der Waals surface area contributed by atoms with Gasteiger partial charge in [-0.1, -0.05) is 0 Å². The van der Waals surface area contributed by atoms with E-state index in [2.05, 4.69) is 22.5 Å². The Morgan fingerprint density at radius 2 is 2.33 bits per heavy atom. The lowest BCUT2D eigenvalue weighted by Gasteiger charge is -2.27. The quantitative estimate of drug-likeness (QED) is 0.741. The Morgan fingerprint density at radius 1 is 1.56 bits per heavy atom. The van der Waals surface area contributed by atoms with Gasteiger partial charge in [-0.05, 0) is 45.4 Å². The summed E-state index contributed by atoms with van der Waals surface area (Å²) in [4.78, 5) is 16.2. The maximum atomic E-state index is 12.1. The molecular formula is C13H19N3O2. The Kier molecular flexibility index (Phi) is 3.81. The lowest BCUT2D eigenvalue weighted by atomic mass is 9.92. The molecule has 0 aliphatic carbocycles. The van der Waals surface area contributed by atoms with Crippen LogP contribution in [0.25, 0.3) is 0 Å². The van der Waals surface area contributed by atoms with Crippen molar-refractivity contribution in [3.05, 3.63) is 17.8 Å². The van der Waals surface area contributed by atoms with Crippen LogP contribution in [0.2, 0.25) is 0 Å². The standard InChI is InChI=1S/C13H19N3O2/c1-8-3-4-11(17)12(15-8)16-13(18)10-5-6-14-9(2)7-10/h3-4,9-10,14,17H,5-7H2,1-2H3,(H,15,16,18). The van der Waals surface area contributed by atoms with Crippen LogP contribution in [0.15, 0.2) is 12.1 Å². The molecule has 0 spiro atoms. The molecule has 0 aromatic carbocycles. The number of amides is 1. The van der Waals surface area contributed by atoms with Crippen molar-refractivity contribution in [1.29, 1.82) is 0 Å². The minimum absolute atomic E-state index is 0.0101. The molecule has 3 N–H and O–H groups in total. The Balaban J connectivity index is 2.04. The Hall–Kier alpha value is -1.62. The second kappa shape index (κ2) is 5.35. The van der Waals surface area contributed by atoms with Gasteiger partial charge < -0.3 is 15.7 Å². The minimum atomic E-state index is -0.0586. The Labute approximate surface area is 107 Å². The van der Waals surface area contributed by atoms with Crippen molar-refractivity contribution in [2.75, 3.05) is 11.9 Å². The van der Waals surface area contributed by atoms with Gasteiger partial charge in [0.2, 0.25) is 5.91 Å². The number of hydrogen-bond donors (Lipinski definition) is 3. The number of hydrogen-bond acceptors (Lipinski definition) is 4. The molecule has 0 saturated carbocycles. The third-order valence-electron chi connectivity index (χ3n) is 3.25. The Bertz CT molecular complexity index is 448. The highest BCUT2D eigenvalue weighted by Gasteiger charge is 2.25. The summed E-state index contributed by atoms with van der Waals surface area (Å²) in [5.74, 6) is 0.196. The molecule has 98 valence electrons. The summed E-state index contributed by atoms with van der Waals surface area (Å²) < 4.78 is 0. The van der Waals surface area contributed by atoms with Crippen LogP contribution < -0.4 is 10.6 Å². The highest BCUT2D eigenvalue weighted by molar-refractivity contribution is 5.92. The minimum Gasteiger partial charge on any atom is -0.504 e. The summed E-state index contributed by atoms with van der Waals surface area (Å²) in [7, 11) is 0. The second-order valence-corrected chi connectivity index (χ2v) is 4.89. The van der Waals surface area contributed by atoms with Crippen LogP contribution in [0, 0.1) is 12.8 Å². The number of aromatic nitrogens is 1. The lowest BCUT2D eigenvalue weighted by molar-refractivity contribution is -0.120. The number of carbonyl (C=O) groups is 1. The van der Waals surface area contributed by atoms with Crippen LogP contribution in [-0.2, 0) is 4.79 Å². The summed E-state index contributed by atoms with van der Waals surface area (Å²) in [6.45, 7) is 4.75. The SMILES string of the molecule is Cc1ccc(O)c(NC(=O)C2CCNC(C)C2)n1. The molecule has 1 aromatic rings. The van der Waals surface area contributed by atoms with E-state index in [1.165, 1.54) is 0 Å². The number of aromatic hydroxyl groups is 1. The first-order valence-electron chi connectivity index (χ1n) is 6.27. The number of aryl methyl sites for hydroxylation is 1. The summed E-state index contributed by atoms with van der Waals surface area (Å²) in [6.07, 6.45) is 1.64. The molecule has 18 heavy (non-hydrogen) atoms. The smallest absolute Gasteiger partial charge is 0.228 e. The zero-order chi connectivity index (χ0) is 13.1. The zero-order valence-corrected chi connectivity index (χ0v) is 10.7. The summed E-state index contributed by atoms with van der Waals surface area (Å²) >= 11 is 0. The van der Waals surface area contributed by atoms with E-state index in [0.717, 1.165) is 25.1 Å². The van der Waals surface area contributed by atoms with Gasteiger partial charge in [0.15, 0.2) is 11.6 Å². The largest absolute Gasteiger partial charge is 0.504 e. The monoisotopic (exact) mass is 249 g/mol. The molecule has 2 unspecified atom stereocenters. The molecule has 5 nitrogen and oxygen atoms in total. The molecule has 2 atom stereocenters. The van der Waals surface area contributed by atoms with E-state index in [-0.39, 0.29) is 23.4 Å². The van der Waals surface area contributed by atoms with Gasteiger partial charge in [0.1, 0.15) is 0 Å². The van der Waals surface area contributed by atoms with Crippen molar-refractivity contribution >= 4 is 11.7 Å². The predicted molar refractivity (Wildman–Crippen MR) is 69.5 cm³/mol. The number of rotatable bonds is 2. The van der Waals surface area contributed by atoms with E-state index >= 15 is 0 Å². The van der Waals surface area contributed by atoms with E-state index in [0.29, 0.717) is 6.04 Å². The van der Waals surface area contributed by atoms with Gasteiger partial charge in [0.05, 0.1) is 0 Å². The van der Waals surface area contributed by atoms with Gasteiger partial charge in [0.25, 0.3) is 0 Å². The molecule has 1 aliphatic rings. The van der Waals surface area contributed by atoms with Gasteiger partial charge >= 0.3 is 0 Å². The first-order valence-corrected chi connectivity index (χ1v) is 6.27. The first-order chi connectivity index (χ1) is 8.56. The van der Waals surface area contributed by atoms with Crippen LogP contribution in [0.1, 0.15) is 25.5 Å². The van der Waals surface area contributed by atoms with Crippen LogP contribution >= 0.6 is 0 Å². The van der Waals surface area contributed by atoms with E-state index in [4.69, 9.17) is 0 Å². The van der Waals surface area contributed by atoms with Crippen molar-refractivity contribution in [3.8, 4) is 5.75 Å². The maximum absolute atomic E-state index is 12.1. The summed E-state index contributed by atoms with van der Waals surface area (Å²) in [6, 6.07) is 3.61. The highest BCUT2D eigenvalue weighted by atomic mass is 16.3. The van der Waals surface area contributed by atoms with E-state index in [1.807, 2.05) is 6.92 Å². The van der Waals surface area contributed by atoms with Crippen molar-refractivity contribution in [3.63, 3.8) is 0 Å². The fraction of sp³-hybridized carbons (Fsp3) is 0.538. The van der Waals surface area contributed by atoms with Crippen LogP contribution in [-0.4, -0.2) is 28.6 Å². The van der Waals surface area contributed by atoms with Gasteiger partial charge in [-0.15, -0.1) is 0 Å². The Morgan fingerprint density at radius 3 is 3.06 bits per heavy atom. The second-order valence-electron chi connectivity index (χ2n) is 4.89. The molecule has 1 aliphatic heterocycles. The summed E-state index contributed by atoms with van der Waals surface area (Å²) in [5.41, 5.74) is 0.766. The average Bonchev–Trinajstić information content (AvgIpc) is 2.34. The maximum Gasteiger partial charge on any atom is 0.228 e. The molecule has 1 aromatic heterocycles. The van der Waals surface area contributed by atoms with E-state index in [9.17, 15) is 9.90 Å². The van der Waals surface area contributed by atoms with Crippen molar-refractivity contribution in [2.45, 2.75) is 32.7 Å². The molecule has 1 fully saturated rings. The van der Waals surface area contributed by atoms with Gasteiger partial charge in [-0.2, -0.15) is 0 Å². The van der Waals surface area contributed by atoms with Crippen LogP contribution in [0.4, 0.5) is 5.82 Å². The number of carbonyl (C=O) groups excluding carboxylic acids is 1. The molecule has 1 amide bonds. The third-order valence-corrected chi connectivity index (χ3v) is 3.25. The molecule has 0 bridgehead atoms. The van der Waals surface area contributed by atoms with E-state index in [1.54, 1.807) is 12.1 Å². The molecule has 2 heterocycles. The van der Waals surface area contributed by atoms with Crippen molar-refractivity contribution < 1.29 is 9.90 Å². The van der Waals surface area contributed by atoms with Gasteiger partial charge in [-0.3, -0.25) is 4.79 Å². The molecular weight excluding hydrogens is 230 g/mol. The normalized spacial score (nSPS) is 23.7. The fourth-order valence-corrected chi connectivity index (χ4v) is 2.23. The fourth-order valence-electron chi connectivity index (χ4n) is 2.23. The van der Waals surface area contributed by atoms with Gasteiger partial charge in [0, 0.05) is 17.7 Å². The van der Waals surface area contributed by atoms with Gasteiger partial charge in [-0.25, -0.2) is 4.98 Å². The topological polar surface area (TPSA) is 74.2 Å². The number of nitrogens with zero attached hydrogens (tertiary/aromatic N) is 1. The van der Waals surface area contributed by atoms with Crippen molar-refractivity contribution in [1.82, 2.24) is 10.3 Å². The van der Waals surface area contributed by atoms with Crippen molar-refractivity contribution in [2.24, 2.45) is 5.92 Å². The third kappa shape index (κ3) is 2.98. The van der Waals surface area contributed by atoms with Crippen LogP contribution in [0.5, 0.6) is 5.75 Å². The molecule has 0 radical (unpaired) electrons. The lowest BCUT2D eigenvalue weighted by Crippen LogP contribution is -2.40. The molecule has 2 rings (SSSR count).